The van der Waals surface area contributed by atoms with E-state index in [-0.39, 0.29) is 18.3 Å². The molecule has 148 valence electrons. The van der Waals surface area contributed by atoms with Gasteiger partial charge in [-0.1, -0.05) is 48.0 Å². The van der Waals surface area contributed by atoms with Crippen LogP contribution in [0.15, 0.2) is 48.5 Å². The second kappa shape index (κ2) is 7.92. The minimum Gasteiger partial charge on any atom is -0.489 e. The molecule has 0 bridgehead atoms. The molecule has 1 aliphatic rings. The van der Waals surface area contributed by atoms with E-state index < -0.39 is 11.9 Å². The van der Waals surface area contributed by atoms with E-state index in [0.29, 0.717) is 28.7 Å². The van der Waals surface area contributed by atoms with Crippen LogP contribution in [-0.2, 0) is 11.2 Å². The largest absolute Gasteiger partial charge is 0.489 e. The summed E-state index contributed by atoms with van der Waals surface area (Å²) in [7, 11) is 1.59. The van der Waals surface area contributed by atoms with Gasteiger partial charge in [-0.25, -0.2) is 0 Å². The van der Waals surface area contributed by atoms with Crippen molar-refractivity contribution < 1.29 is 14.3 Å². The van der Waals surface area contributed by atoms with E-state index in [0.717, 1.165) is 5.56 Å². The predicted octanol–water partition coefficient (Wildman–Crippen LogP) is 2.20. The number of carbonyl (C=O) groups excluding carboxylic acids is 2. The fraction of sp³-hybridized carbons (Fsp3) is 0.200. The Balaban J connectivity index is 1.46. The van der Waals surface area contributed by atoms with E-state index in [1.807, 2.05) is 30.3 Å². The molecular weight excluding hydrogens is 394 g/mol. The van der Waals surface area contributed by atoms with E-state index >= 15 is 0 Å². The van der Waals surface area contributed by atoms with Crippen molar-refractivity contribution in [3.8, 4) is 5.75 Å². The van der Waals surface area contributed by atoms with Gasteiger partial charge in [0, 0.05) is 13.5 Å². The SMILES string of the molecule is CN1C(=O)[C@@H](NC(=O)c2nnc(Cc3ccccc3)[nH]2)COc2cccc(Cl)c21. The van der Waals surface area contributed by atoms with Crippen molar-refractivity contribution in [1.29, 1.82) is 0 Å². The summed E-state index contributed by atoms with van der Waals surface area (Å²) in [5, 5.41) is 11.0. The number of nitrogens with one attached hydrogen (secondary N) is 2. The van der Waals surface area contributed by atoms with Crippen LogP contribution in [0.5, 0.6) is 5.75 Å². The van der Waals surface area contributed by atoms with Crippen LogP contribution in [-0.4, -0.2) is 46.7 Å². The van der Waals surface area contributed by atoms with Crippen LogP contribution in [0.3, 0.4) is 0 Å². The molecule has 2 amide bonds. The summed E-state index contributed by atoms with van der Waals surface area (Å²) in [4.78, 5) is 29.7. The smallest absolute Gasteiger partial charge is 0.289 e. The summed E-state index contributed by atoms with van der Waals surface area (Å²) in [6.45, 7) is -0.0206. The molecule has 0 unspecified atom stereocenters. The van der Waals surface area contributed by atoms with Crippen LogP contribution < -0.4 is 15.0 Å². The third-order valence-corrected chi connectivity index (χ3v) is 4.89. The van der Waals surface area contributed by atoms with Crippen LogP contribution in [0.2, 0.25) is 5.02 Å². The van der Waals surface area contributed by atoms with Gasteiger partial charge in [-0.2, -0.15) is 0 Å². The molecule has 29 heavy (non-hydrogen) atoms. The molecule has 4 rings (SSSR count). The van der Waals surface area contributed by atoms with Gasteiger partial charge in [0.05, 0.1) is 5.02 Å². The van der Waals surface area contributed by atoms with Crippen molar-refractivity contribution in [2.24, 2.45) is 0 Å². The number of carbonyl (C=O) groups is 2. The van der Waals surface area contributed by atoms with Crippen molar-refractivity contribution in [1.82, 2.24) is 20.5 Å². The zero-order valence-corrected chi connectivity index (χ0v) is 16.3. The molecule has 8 nitrogen and oxygen atoms in total. The number of nitrogens with zero attached hydrogens (tertiary/aromatic N) is 3. The highest BCUT2D eigenvalue weighted by Gasteiger charge is 2.32. The number of hydrogen-bond acceptors (Lipinski definition) is 5. The first-order chi connectivity index (χ1) is 14.0. The highest BCUT2D eigenvalue weighted by Crippen LogP contribution is 2.36. The van der Waals surface area contributed by atoms with Crippen molar-refractivity contribution in [3.63, 3.8) is 0 Å². The zero-order valence-electron chi connectivity index (χ0n) is 15.6. The van der Waals surface area contributed by atoms with Gasteiger partial charge in [0.1, 0.15) is 29.9 Å². The molecular formula is C20H18ClN5O3. The summed E-state index contributed by atoms with van der Waals surface area (Å²) in [5.74, 6) is 0.195. The van der Waals surface area contributed by atoms with Crippen LogP contribution in [0.1, 0.15) is 22.0 Å². The first-order valence-corrected chi connectivity index (χ1v) is 9.36. The van der Waals surface area contributed by atoms with Gasteiger partial charge in [0.2, 0.25) is 5.82 Å². The van der Waals surface area contributed by atoms with E-state index in [9.17, 15) is 9.59 Å². The fourth-order valence-corrected chi connectivity index (χ4v) is 3.42. The highest BCUT2D eigenvalue weighted by molar-refractivity contribution is 6.34. The number of para-hydroxylation sites is 1. The Morgan fingerprint density at radius 1 is 1.24 bits per heavy atom. The Kier molecular flexibility index (Phi) is 5.18. The monoisotopic (exact) mass is 411 g/mol. The second-order valence-electron chi connectivity index (χ2n) is 6.60. The molecule has 2 aromatic carbocycles. The first kappa shape index (κ1) is 18.9. The van der Waals surface area contributed by atoms with Crippen molar-refractivity contribution >= 4 is 29.1 Å². The lowest BCUT2D eigenvalue weighted by molar-refractivity contribution is -0.120. The number of likely N-dealkylation sites (N-methyl/N-ethyl adjacent to an activating group) is 1. The summed E-state index contributed by atoms with van der Waals surface area (Å²) >= 11 is 6.21. The molecule has 1 aliphatic heterocycles. The van der Waals surface area contributed by atoms with Gasteiger partial charge in [0.25, 0.3) is 11.8 Å². The predicted molar refractivity (Wildman–Crippen MR) is 107 cm³/mol. The molecule has 2 heterocycles. The molecule has 1 aromatic heterocycles. The molecule has 3 aromatic rings. The maximum atomic E-state index is 12.8. The number of aromatic nitrogens is 3. The topological polar surface area (TPSA) is 100 Å². The van der Waals surface area contributed by atoms with Gasteiger partial charge in [-0.05, 0) is 17.7 Å². The summed E-state index contributed by atoms with van der Waals surface area (Å²) in [6.07, 6.45) is 0.517. The average Bonchev–Trinajstić information content (AvgIpc) is 3.15. The number of benzene rings is 2. The third kappa shape index (κ3) is 3.93. The normalized spacial score (nSPS) is 16.0. The number of aromatic amines is 1. The Morgan fingerprint density at radius 3 is 2.83 bits per heavy atom. The summed E-state index contributed by atoms with van der Waals surface area (Å²) in [5.41, 5.74) is 1.51. The molecule has 0 spiro atoms. The van der Waals surface area contributed by atoms with Crippen molar-refractivity contribution in [2.45, 2.75) is 12.5 Å². The number of hydrogen-bond donors (Lipinski definition) is 2. The Hall–Kier alpha value is -3.39. The molecule has 0 saturated heterocycles. The molecule has 2 N–H and O–H groups in total. The average molecular weight is 412 g/mol. The van der Waals surface area contributed by atoms with Crippen molar-refractivity contribution in [3.05, 3.63) is 70.8 Å². The number of ether oxygens (including phenoxy) is 1. The molecule has 0 radical (unpaired) electrons. The minimum absolute atomic E-state index is 0.0206. The summed E-state index contributed by atoms with van der Waals surface area (Å²) in [6, 6.07) is 14.0. The van der Waals surface area contributed by atoms with Gasteiger partial charge in [-0.3, -0.25) is 9.59 Å². The minimum atomic E-state index is -0.890. The Morgan fingerprint density at radius 2 is 2.03 bits per heavy atom. The molecule has 0 aliphatic carbocycles. The quantitative estimate of drug-likeness (QED) is 0.685. The van der Waals surface area contributed by atoms with Crippen LogP contribution in [0.25, 0.3) is 0 Å². The van der Waals surface area contributed by atoms with Gasteiger partial charge < -0.3 is 19.9 Å². The maximum absolute atomic E-state index is 12.8. The van der Waals surface area contributed by atoms with E-state index in [1.54, 1.807) is 25.2 Å². The lowest BCUT2D eigenvalue weighted by atomic mass is 10.1. The number of H-pyrrole nitrogens is 1. The lowest BCUT2D eigenvalue weighted by Gasteiger charge is -2.20. The van der Waals surface area contributed by atoms with E-state index in [1.165, 1.54) is 4.90 Å². The number of halogens is 1. The Bertz CT molecular complexity index is 1050. The molecule has 0 saturated carbocycles. The highest BCUT2D eigenvalue weighted by atomic mass is 35.5. The number of rotatable bonds is 4. The maximum Gasteiger partial charge on any atom is 0.289 e. The third-order valence-electron chi connectivity index (χ3n) is 4.59. The van der Waals surface area contributed by atoms with Crippen LogP contribution >= 0.6 is 11.6 Å². The van der Waals surface area contributed by atoms with Gasteiger partial charge >= 0.3 is 0 Å². The number of fused-ring (bicyclic) bond motifs is 1. The van der Waals surface area contributed by atoms with Crippen molar-refractivity contribution in [2.75, 3.05) is 18.6 Å². The Labute approximate surface area is 171 Å². The van der Waals surface area contributed by atoms with Gasteiger partial charge in [-0.15, -0.1) is 10.2 Å². The fourth-order valence-electron chi connectivity index (χ4n) is 3.12. The second-order valence-corrected chi connectivity index (χ2v) is 7.01. The lowest BCUT2D eigenvalue weighted by Crippen LogP contribution is -2.49. The van der Waals surface area contributed by atoms with E-state index in [2.05, 4.69) is 20.5 Å². The molecule has 9 heteroatoms. The van der Waals surface area contributed by atoms with Crippen LogP contribution in [0.4, 0.5) is 5.69 Å². The van der Waals surface area contributed by atoms with E-state index in [4.69, 9.17) is 16.3 Å². The first-order valence-electron chi connectivity index (χ1n) is 8.98. The molecule has 1 atom stereocenters. The number of anilines is 1. The van der Waals surface area contributed by atoms with Gasteiger partial charge in [0.15, 0.2) is 0 Å². The number of amides is 2. The molecule has 0 fully saturated rings. The van der Waals surface area contributed by atoms with Crippen LogP contribution in [0, 0.1) is 0 Å². The zero-order chi connectivity index (χ0) is 20.4. The standard InChI is InChI=1S/C20H18ClN5O3/c1-26-17-13(21)8-5-9-15(17)29-11-14(20(26)28)22-19(27)18-23-16(24-25-18)10-12-6-3-2-4-7-12/h2-9,14H,10-11H2,1H3,(H,22,27)(H,23,24,25)/t14-/m0/s1. The summed E-state index contributed by atoms with van der Waals surface area (Å²) < 4.78 is 5.70.